The minimum absolute atomic E-state index is 0.0322. The zero-order valence-corrected chi connectivity index (χ0v) is 14.5. The van der Waals surface area contributed by atoms with Crippen LogP contribution in [0.15, 0.2) is 72.8 Å². The summed E-state index contributed by atoms with van der Waals surface area (Å²) in [6.07, 6.45) is 1.32. The van der Waals surface area contributed by atoms with Gasteiger partial charge in [-0.3, -0.25) is 4.79 Å². The zero-order chi connectivity index (χ0) is 19.2. The Bertz CT molecular complexity index is 953. The van der Waals surface area contributed by atoms with Crippen LogP contribution in [0.4, 0.5) is 10.1 Å². The van der Waals surface area contributed by atoms with E-state index in [-0.39, 0.29) is 23.0 Å². The molecule has 5 heteroatoms. The molecule has 0 bridgehead atoms. The van der Waals surface area contributed by atoms with E-state index in [9.17, 15) is 19.1 Å². The van der Waals surface area contributed by atoms with E-state index in [1.807, 2.05) is 0 Å². The predicted molar refractivity (Wildman–Crippen MR) is 102 cm³/mol. The van der Waals surface area contributed by atoms with Crippen molar-refractivity contribution in [2.45, 2.75) is 12.8 Å². The van der Waals surface area contributed by atoms with Crippen LogP contribution < -0.4 is 5.32 Å². The van der Waals surface area contributed by atoms with Gasteiger partial charge >= 0.3 is 5.97 Å². The topological polar surface area (TPSA) is 66.4 Å². The third-order valence-corrected chi connectivity index (χ3v) is 4.21. The summed E-state index contributed by atoms with van der Waals surface area (Å²) in [6.45, 7) is 0. The zero-order valence-electron chi connectivity index (χ0n) is 14.5. The molecule has 0 aromatic heterocycles. The summed E-state index contributed by atoms with van der Waals surface area (Å²) in [5.74, 6) is -1.76. The van der Waals surface area contributed by atoms with Gasteiger partial charge in [-0.05, 0) is 60.4 Å². The van der Waals surface area contributed by atoms with Gasteiger partial charge in [0, 0.05) is 5.56 Å². The number of anilines is 1. The fourth-order valence-corrected chi connectivity index (χ4v) is 2.76. The van der Waals surface area contributed by atoms with Gasteiger partial charge in [-0.2, -0.15) is 0 Å². The van der Waals surface area contributed by atoms with E-state index in [0.717, 1.165) is 11.1 Å². The molecule has 3 aromatic carbocycles. The predicted octanol–water partition coefficient (Wildman–Crippen LogP) is 4.56. The van der Waals surface area contributed by atoms with Crippen LogP contribution in [-0.4, -0.2) is 17.0 Å². The maximum atomic E-state index is 13.0. The molecule has 0 saturated carbocycles. The molecule has 4 nitrogen and oxygen atoms in total. The van der Waals surface area contributed by atoms with Crippen molar-refractivity contribution < 1.29 is 19.1 Å². The lowest BCUT2D eigenvalue weighted by atomic mass is 10.0. The van der Waals surface area contributed by atoms with E-state index >= 15 is 0 Å². The lowest BCUT2D eigenvalue weighted by Crippen LogP contribution is -2.15. The number of hydrogen-bond donors (Lipinski definition) is 2. The number of hydrogen-bond acceptors (Lipinski definition) is 2. The van der Waals surface area contributed by atoms with Gasteiger partial charge in [0.05, 0.1) is 11.3 Å². The monoisotopic (exact) mass is 363 g/mol. The van der Waals surface area contributed by atoms with Gasteiger partial charge in [0.1, 0.15) is 5.82 Å². The average Bonchev–Trinajstić information content (AvgIpc) is 2.68. The van der Waals surface area contributed by atoms with Crippen LogP contribution in [0.3, 0.4) is 0 Å². The number of carboxylic acid groups (broad SMARTS) is 1. The maximum Gasteiger partial charge on any atom is 0.337 e. The van der Waals surface area contributed by atoms with Gasteiger partial charge in [-0.1, -0.05) is 36.4 Å². The molecule has 0 heterocycles. The van der Waals surface area contributed by atoms with Gasteiger partial charge < -0.3 is 10.4 Å². The Morgan fingerprint density at radius 2 is 1.48 bits per heavy atom. The SMILES string of the molecule is O=C(Nc1cc(CCc2ccc(F)cc2)ccc1C(=O)O)c1ccccc1. The van der Waals surface area contributed by atoms with E-state index in [1.165, 1.54) is 18.2 Å². The van der Waals surface area contributed by atoms with Gasteiger partial charge in [-0.15, -0.1) is 0 Å². The molecule has 0 atom stereocenters. The molecule has 0 saturated heterocycles. The minimum atomic E-state index is -1.11. The summed E-state index contributed by atoms with van der Waals surface area (Å²) in [5, 5.41) is 12.1. The first-order valence-corrected chi connectivity index (χ1v) is 8.50. The number of nitrogens with one attached hydrogen (secondary N) is 1. The highest BCUT2D eigenvalue weighted by Gasteiger charge is 2.14. The molecule has 0 fully saturated rings. The molecule has 0 aliphatic rings. The van der Waals surface area contributed by atoms with Crippen LogP contribution in [0.1, 0.15) is 31.8 Å². The van der Waals surface area contributed by atoms with Gasteiger partial charge in [0.15, 0.2) is 0 Å². The van der Waals surface area contributed by atoms with Gasteiger partial charge in [0.25, 0.3) is 5.91 Å². The lowest BCUT2D eigenvalue weighted by Gasteiger charge is -2.11. The number of aromatic carboxylic acids is 1. The van der Waals surface area contributed by atoms with E-state index in [0.29, 0.717) is 18.4 Å². The molecule has 136 valence electrons. The van der Waals surface area contributed by atoms with Crippen molar-refractivity contribution in [3.8, 4) is 0 Å². The van der Waals surface area contributed by atoms with E-state index in [2.05, 4.69) is 5.32 Å². The van der Waals surface area contributed by atoms with E-state index < -0.39 is 5.97 Å². The molecule has 27 heavy (non-hydrogen) atoms. The normalized spacial score (nSPS) is 10.4. The minimum Gasteiger partial charge on any atom is -0.478 e. The van der Waals surface area contributed by atoms with Crippen molar-refractivity contribution >= 4 is 17.6 Å². The second-order valence-corrected chi connectivity index (χ2v) is 6.13. The molecular formula is C22H18FNO3. The standard InChI is InChI=1S/C22H18FNO3/c23-18-11-8-15(9-12-18)6-7-16-10-13-19(22(26)27)20(14-16)24-21(25)17-4-2-1-3-5-17/h1-5,8-14H,6-7H2,(H,24,25)(H,26,27). The third-order valence-electron chi connectivity index (χ3n) is 4.21. The highest BCUT2D eigenvalue weighted by Crippen LogP contribution is 2.20. The van der Waals surface area contributed by atoms with Crippen LogP contribution in [0.5, 0.6) is 0 Å². The van der Waals surface area contributed by atoms with Crippen LogP contribution in [0, 0.1) is 5.82 Å². The van der Waals surface area contributed by atoms with Crippen molar-refractivity contribution in [1.82, 2.24) is 0 Å². The number of aryl methyl sites for hydroxylation is 2. The second kappa shape index (κ2) is 8.27. The van der Waals surface area contributed by atoms with Crippen molar-refractivity contribution in [1.29, 1.82) is 0 Å². The first-order chi connectivity index (χ1) is 13.0. The summed E-state index contributed by atoms with van der Waals surface area (Å²) >= 11 is 0. The molecule has 0 radical (unpaired) electrons. The fourth-order valence-electron chi connectivity index (χ4n) is 2.76. The molecule has 0 aliphatic carbocycles. The molecule has 3 aromatic rings. The number of carbonyl (C=O) groups excluding carboxylic acids is 1. The Hall–Kier alpha value is -3.47. The summed E-state index contributed by atoms with van der Waals surface area (Å²) in [5.41, 5.74) is 2.60. The van der Waals surface area contributed by atoms with E-state index in [1.54, 1.807) is 54.6 Å². The number of benzene rings is 3. The molecular weight excluding hydrogens is 345 g/mol. The Balaban J connectivity index is 1.79. The summed E-state index contributed by atoms with van der Waals surface area (Å²) in [6, 6.07) is 19.8. The second-order valence-electron chi connectivity index (χ2n) is 6.13. The van der Waals surface area contributed by atoms with Crippen LogP contribution >= 0.6 is 0 Å². The number of carboxylic acids is 1. The smallest absolute Gasteiger partial charge is 0.337 e. The number of rotatable bonds is 6. The van der Waals surface area contributed by atoms with Crippen molar-refractivity contribution in [3.63, 3.8) is 0 Å². The van der Waals surface area contributed by atoms with Crippen LogP contribution in [0.25, 0.3) is 0 Å². The molecule has 2 N–H and O–H groups in total. The van der Waals surface area contributed by atoms with Crippen molar-refractivity contribution in [2.75, 3.05) is 5.32 Å². The molecule has 0 aliphatic heterocycles. The van der Waals surface area contributed by atoms with Crippen LogP contribution in [-0.2, 0) is 12.8 Å². The molecule has 3 rings (SSSR count). The quantitative estimate of drug-likeness (QED) is 0.675. The average molecular weight is 363 g/mol. The summed E-state index contributed by atoms with van der Waals surface area (Å²) in [4.78, 5) is 23.8. The first-order valence-electron chi connectivity index (χ1n) is 8.50. The highest BCUT2D eigenvalue weighted by atomic mass is 19.1. The maximum absolute atomic E-state index is 13.0. The number of carbonyl (C=O) groups is 2. The van der Waals surface area contributed by atoms with Crippen LogP contribution in [0.2, 0.25) is 0 Å². The van der Waals surface area contributed by atoms with Crippen molar-refractivity contribution in [3.05, 3.63) is 101 Å². The van der Waals surface area contributed by atoms with Crippen molar-refractivity contribution in [2.24, 2.45) is 0 Å². The third kappa shape index (κ3) is 4.79. The first kappa shape index (κ1) is 18.3. The molecule has 0 spiro atoms. The number of amides is 1. The fraction of sp³-hybridized carbons (Fsp3) is 0.0909. The number of halogens is 1. The largest absolute Gasteiger partial charge is 0.478 e. The van der Waals surface area contributed by atoms with Gasteiger partial charge in [0.2, 0.25) is 0 Å². The molecule has 1 amide bonds. The Labute approximate surface area is 156 Å². The summed E-state index contributed by atoms with van der Waals surface area (Å²) < 4.78 is 13.0. The Morgan fingerprint density at radius 1 is 0.852 bits per heavy atom. The Morgan fingerprint density at radius 3 is 2.15 bits per heavy atom. The van der Waals surface area contributed by atoms with Gasteiger partial charge in [-0.25, -0.2) is 9.18 Å². The highest BCUT2D eigenvalue weighted by molar-refractivity contribution is 6.07. The summed E-state index contributed by atoms with van der Waals surface area (Å²) in [7, 11) is 0. The molecule has 0 unspecified atom stereocenters. The lowest BCUT2D eigenvalue weighted by molar-refractivity contribution is 0.0698. The Kier molecular flexibility index (Phi) is 5.61. The van der Waals surface area contributed by atoms with E-state index in [4.69, 9.17) is 0 Å².